The first-order chi connectivity index (χ1) is 9.24. The maximum atomic E-state index is 2.12. The number of rotatable bonds is 2. The van der Waals surface area contributed by atoms with Gasteiger partial charge in [0.15, 0.2) is 0 Å². The highest BCUT2D eigenvalue weighted by atomic mass is 13.9. The zero-order valence-electron chi connectivity index (χ0n) is 12.0. The number of hydrogen-bond acceptors (Lipinski definition) is 0. The lowest BCUT2D eigenvalue weighted by molar-refractivity contribution is 1.48. The fourth-order valence-electron chi connectivity index (χ4n) is 1.57. The summed E-state index contributed by atoms with van der Waals surface area (Å²) in [6.07, 6.45) is 6.21. The van der Waals surface area contributed by atoms with Crippen molar-refractivity contribution in [1.29, 1.82) is 0 Å². The van der Waals surface area contributed by atoms with Gasteiger partial charge in [-0.05, 0) is 31.9 Å². The van der Waals surface area contributed by atoms with Crippen LogP contribution in [0.4, 0.5) is 0 Å². The van der Waals surface area contributed by atoms with E-state index in [1.165, 1.54) is 16.7 Å². The van der Waals surface area contributed by atoms with Crippen LogP contribution in [0.25, 0.3) is 5.57 Å². The smallest absolute Gasteiger partial charge is 0.0227 e. The minimum atomic E-state index is 1.29. The average molecular weight is 250 g/mol. The first-order valence-electron chi connectivity index (χ1n) is 6.60. The van der Waals surface area contributed by atoms with Crippen molar-refractivity contribution in [3.8, 4) is 0 Å². The van der Waals surface area contributed by atoms with Crippen molar-refractivity contribution in [2.45, 2.75) is 20.8 Å². The second-order valence-electron chi connectivity index (χ2n) is 4.40. The largest absolute Gasteiger partial charge is 0.0877 e. The Labute approximate surface area is 117 Å². The van der Waals surface area contributed by atoms with Gasteiger partial charge in [0.1, 0.15) is 0 Å². The Bertz CT molecular complexity index is 504. The lowest BCUT2D eigenvalue weighted by Gasteiger charge is -1.97. The van der Waals surface area contributed by atoms with E-state index in [2.05, 4.69) is 62.4 Å². The highest BCUT2D eigenvalue weighted by Gasteiger charge is 1.89. The van der Waals surface area contributed by atoms with Crippen LogP contribution in [0.5, 0.6) is 0 Å². The minimum Gasteiger partial charge on any atom is -0.0877 e. The van der Waals surface area contributed by atoms with E-state index >= 15 is 0 Å². The van der Waals surface area contributed by atoms with Gasteiger partial charge in [0.05, 0.1) is 0 Å². The molecule has 0 bridgehead atoms. The van der Waals surface area contributed by atoms with E-state index in [1.807, 2.05) is 37.3 Å². The summed E-state index contributed by atoms with van der Waals surface area (Å²) in [5.41, 5.74) is 3.91. The Hall–Kier alpha value is -2.08. The molecule has 0 saturated heterocycles. The van der Waals surface area contributed by atoms with Gasteiger partial charge < -0.3 is 0 Å². The summed E-state index contributed by atoms with van der Waals surface area (Å²) in [7, 11) is 0. The summed E-state index contributed by atoms with van der Waals surface area (Å²) in [5.74, 6) is 0. The SMILES string of the molecule is C/C=C\C=C(/C)c1ccccc1.Cc1ccccc1. The molecule has 0 unspecified atom stereocenters. The van der Waals surface area contributed by atoms with Crippen LogP contribution in [0.3, 0.4) is 0 Å². The maximum Gasteiger partial charge on any atom is -0.0227 e. The Morgan fingerprint density at radius 2 is 1.37 bits per heavy atom. The molecule has 0 atom stereocenters. The van der Waals surface area contributed by atoms with Crippen molar-refractivity contribution >= 4 is 5.57 Å². The summed E-state index contributed by atoms with van der Waals surface area (Å²) in [6.45, 7) is 6.23. The standard InChI is InChI=1S/C12H14.C7H8/c1-3-4-8-11(2)12-9-6-5-7-10-12;1-7-5-3-2-4-6-7/h3-10H,1-2H3;2-6H,1H3/b4-3-,11-8+;. The maximum absolute atomic E-state index is 2.12. The van der Waals surface area contributed by atoms with E-state index in [0.717, 1.165) is 0 Å². The highest BCUT2D eigenvalue weighted by Crippen LogP contribution is 2.12. The van der Waals surface area contributed by atoms with E-state index in [-0.39, 0.29) is 0 Å². The van der Waals surface area contributed by atoms with Crippen molar-refractivity contribution in [2.24, 2.45) is 0 Å². The van der Waals surface area contributed by atoms with Crippen LogP contribution in [0.1, 0.15) is 25.0 Å². The molecule has 0 N–H and O–H groups in total. The Morgan fingerprint density at radius 1 is 0.842 bits per heavy atom. The van der Waals surface area contributed by atoms with Crippen LogP contribution < -0.4 is 0 Å². The monoisotopic (exact) mass is 250 g/mol. The Balaban J connectivity index is 0.000000218. The fourth-order valence-corrected chi connectivity index (χ4v) is 1.57. The topological polar surface area (TPSA) is 0 Å². The number of allylic oxidation sites excluding steroid dienone is 4. The van der Waals surface area contributed by atoms with E-state index in [4.69, 9.17) is 0 Å². The third-order valence-corrected chi connectivity index (χ3v) is 2.71. The van der Waals surface area contributed by atoms with Crippen molar-refractivity contribution in [3.63, 3.8) is 0 Å². The molecule has 2 rings (SSSR count). The summed E-state index contributed by atoms with van der Waals surface area (Å²) < 4.78 is 0. The number of aryl methyl sites for hydroxylation is 1. The first-order valence-corrected chi connectivity index (χ1v) is 6.60. The van der Waals surface area contributed by atoms with Gasteiger partial charge in [-0.3, -0.25) is 0 Å². The highest BCUT2D eigenvalue weighted by molar-refractivity contribution is 5.64. The molecular formula is C19H22. The Kier molecular flexibility index (Phi) is 7.04. The molecule has 0 saturated carbocycles. The van der Waals surface area contributed by atoms with Gasteiger partial charge in [-0.15, -0.1) is 0 Å². The van der Waals surface area contributed by atoms with Crippen molar-refractivity contribution in [1.82, 2.24) is 0 Å². The van der Waals surface area contributed by atoms with Gasteiger partial charge in [0, 0.05) is 0 Å². The van der Waals surface area contributed by atoms with Gasteiger partial charge in [-0.25, -0.2) is 0 Å². The second-order valence-corrected chi connectivity index (χ2v) is 4.40. The molecular weight excluding hydrogens is 228 g/mol. The van der Waals surface area contributed by atoms with Crippen LogP contribution in [0.15, 0.2) is 78.9 Å². The quantitative estimate of drug-likeness (QED) is 0.603. The van der Waals surface area contributed by atoms with E-state index in [9.17, 15) is 0 Å². The van der Waals surface area contributed by atoms with Crippen LogP contribution in [-0.2, 0) is 0 Å². The molecule has 0 heterocycles. The molecule has 0 aromatic heterocycles. The molecule has 0 heteroatoms. The molecule has 98 valence electrons. The predicted molar refractivity (Wildman–Crippen MR) is 86.1 cm³/mol. The minimum absolute atomic E-state index is 1.29. The number of benzene rings is 2. The summed E-state index contributed by atoms with van der Waals surface area (Å²) in [6, 6.07) is 20.7. The second kappa shape index (κ2) is 8.93. The zero-order valence-corrected chi connectivity index (χ0v) is 12.0. The normalized spacial score (nSPS) is 11.0. The lowest BCUT2D eigenvalue weighted by atomic mass is 10.1. The average Bonchev–Trinajstić information content (AvgIpc) is 2.47. The summed E-state index contributed by atoms with van der Waals surface area (Å²) in [4.78, 5) is 0. The summed E-state index contributed by atoms with van der Waals surface area (Å²) >= 11 is 0. The molecule has 2 aromatic rings. The van der Waals surface area contributed by atoms with Crippen LogP contribution in [0.2, 0.25) is 0 Å². The van der Waals surface area contributed by atoms with E-state index in [0.29, 0.717) is 0 Å². The molecule has 0 aliphatic heterocycles. The van der Waals surface area contributed by atoms with Gasteiger partial charge >= 0.3 is 0 Å². The molecule has 0 radical (unpaired) electrons. The molecule has 0 nitrogen and oxygen atoms in total. The molecule has 19 heavy (non-hydrogen) atoms. The van der Waals surface area contributed by atoms with Crippen molar-refractivity contribution < 1.29 is 0 Å². The fraction of sp³-hybridized carbons (Fsp3) is 0.158. The molecule has 0 aliphatic rings. The third-order valence-electron chi connectivity index (χ3n) is 2.71. The molecule has 0 fully saturated rings. The van der Waals surface area contributed by atoms with E-state index in [1.54, 1.807) is 0 Å². The van der Waals surface area contributed by atoms with E-state index < -0.39 is 0 Å². The first kappa shape index (κ1) is 15.0. The van der Waals surface area contributed by atoms with Crippen LogP contribution in [-0.4, -0.2) is 0 Å². The molecule has 0 amide bonds. The zero-order chi connectivity index (χ0) is 13.9. The van der Waals surface area contributed by atoms with Crippen molar-refractivity contribution in [2.75, 3.05) is 0 Å². The van der Waals surface area contributed by atoms with Gasteiger partial charge in [0.2, 0.25) is 0 Å². The lowest BCUT2D eigenvalue weighted by Crippen LogP contribution is -1.75. The Morgan fingerprint density at radius 3 is 1.79 bits per heavy atom. The number of hydrogen-bond donors (Lipinski definition) is 0. The van der Waals surface area contributed by atoms with Gasteiger partial charge in [-0.2, -0.15) is 0 Å². The van der Waals surface area contributed by atoms with Crippen molar-refractivity contribution in [3.05, 3.63) is 90.0 Å². The predicted octanol–water partition coefficient (Wildman–Crippen LogP) is 5.66. The molecule has 0 aliphatic carbocycles. The summed E-state index contributed by atoms with van der Waals surface area (Å²) in [5, 5.41) is 0. The molecule has 0 spiro atoms. The van der Waals surface area contributed by atoms with Gasteiger partial charge in [-0.1, -0.05) is 84.5 Å². The van der Waals surface area contributed by atoms with Gasteiger partial charge in [0.25, 0.3) is 0 Å². The molecule has 2 aromatic carbocycles. The van der Waals surface area contributed by atoms with Crippen LogP contribution >= 0.6 is 0 Å². The van der Waals surface area contributed by atoms with Crippen LogP contribution in [0, 0.1) is 6.92 Å². The third kappa shape index (κ3) is 6.42.